The van der Waals surface area contributed by atoms with Gasteiger partial charge < -0.3 is 15.5 Å². The first-order valence-corrected chi connectivity index (χ1v) is 12.7. The third-order valence-corrected chi connectivity index (χ3v) is 6.16. The molecule has 0 unspecified atom stereocenters. The number of rotatable bonds is 18. The van der Waals surface area contributed by atoms with Crippen LogP contribution in [0.25, 0.3) is 10.9 Å². The minimum Gasteiger partial charge on any atom is -0.465 e. The van der Waals surface area contributed by atoms with Gasteiger partial charge in [0.15, 0.2) is 0 Å². The average Bonchev–Trinajstić information content (AvgIpc) is 3.19. The van der Waals surface area contributed by atoms with Crippen molar-refractivity contribution in [2.24, 2.45) is 5.73 Å². The Bertz CT molecular complexity index is 725. The van der Waals surface area contributed by atoms with Crippen LogP contribution in [0.5, 0.6) is 0 Å². The van der Waals surface area contributed by atoms with Gasteiger partial charge in [0.1, 0.15) is 6.04 Å². The second-order valence-corrected chi connectivity index (χ2v) is 8.93. The van der Waals surface area contributed by atoms with Crippen LogP contribution in [0.3, 0.4) is 0 Å². The number of H-pyrrole nitrogens is 1. The highest BCUT2D eigenvalue weighted by Gasteiger charge is 2.17. The summed E-state index contributed by atoms with van der Waals surface area (Å²) in [6.07, 6.45) is 20.9. The molecule has 3 N–H and O–H groups in total. The lowest BCUT2D eigenvalue weighted by atomic mass is 10.0. The second kappa shape index (κ2) is 15.9. The molecule has 4 nitrogen and oxygen atoms in total. The van der Waals surface area contributed by atoms with Crippen molar-refractivity contribution >= 4 is 16.9 Å². The SMILES string of the molecule is CCCCCCCCCCCCCCCCOC(=O)[C@@H](N)Cc1c[nH]c2ccccc12. The van der Waals surface area contributed by atoms with E-state index in [0.717, 1.165) is 29.3 Å². The van der Waals surface area contributed by atoms with Gasteiger partial charge in [0.2, 0.25) is 0 Å². The molecule has 0 saturated heterocycles. The number of benzene rings is 1. The van der Waals surface area contributed by atoms with Crippen molar-refractivity contribution in [1.29, 1.82) is 0 Å². The molecule has 1 heterocycles. The quantitative estimate of drug-likeness (QED) is 0.197. The summed E-state index contributed by atoms with van der Waals surface area (Å²) in [6, 6.07) is 7.46. The highest BCUT2D eigenvalue weighted by atomic mass is 16.5. The lowest BCUT2D eigenvalue weighted by Gasteiger charge is -2.11. The van der Waals surface area contributed by atoms with Gasteiger partial charge in [-0.05, 0) is 18.1 Å². The number of aromatic amines is 1. The summed E-state index contributed by atoms with van der Waals surface area (Å²) in [7, 11) is 0. The molecule has 0 aliphatic rings. The molecule has 2 aromatic rings. The standard InChI is InChI=1S/C27H44N2O2/c1-2-3-4-5-6-7-8-9-10-11-12-13-14-17-20-31-27(30)25(28)21-23-22-29-26-19-16-15-18-24(23)26/h15-16,18-19,22,25,29H,2-14,17,20-21,28H2,1H3/t25-/m0/s1. The summed E-state index contributed by atoms with van der Waals surface area (Å²) in [5, 5.41) is 1.12. The Labute approximate surface area is 189 Å². The summed E-state index contributed by atoms with van der Waals surface area (Å²) in [5.41, 5.74) is 8.21. The maximum atomic E-state index is 12.2. The van der Waals surface area contributed by atoms with Crippen LogP contribution in [0.1, 0.15) is 102 Å². The third-order valence-electron chi connectivity index (χ3n) is 6.16. The van der Waals surface area contributed by atoms with Crippen molar-refractivity contribution in [3.8, 4) is 0 Å². The predicted molar refractivity (Wildman–Crippen MR) is 131 cm³/mol. The number of nitrogens with two attached hydrogens (primary N) is 1. The third kappa shape index (κ3) is 10.4. The second-order valence-electron chi connectivity index (χ2n) is 8.93. The van der Waals surface area contributed by atoms with E-state index in [9.17, 15) is 4.79 Å². The number of carbonyl (C=O) groups excluding carboxylic acids is 1. The molecule has 0 fully saturated rings. The lowest BCUT2D eigenvalue weighted by Crippen LogP contribution is -2.34. The van der Waals surface area contributed by atoms with Crippen LogP contribution < -0.4 is 5.73 Å². The summed E-state index contributed by atoms with van der Waals surface area (Å²) in [4.78, 5) is 15.4. The molecule has 1 aromatic heterocycles. The van der Waals surface area contributed by atoms with E-state index in [4.69, 9.17) is 10.5 Å². The van der Waals surface area contributed by atoms with Crippen molar-refractivity contribution in [2.45, 2.75) is 109 Å². The fourth-order valence-corrected chi connectivity index (χ4v) is 4.20. The van der Waals surface area contributed by atoms with E-state index >= 15 is 0 Å². The van der Waals surface area contributed by atoms with E-state index in [2.05, 4.69) is 11.9 Å². The maximum Gasteiger partial charge on any atom is 0.323 e. The maximum absolute atomic E-state index is 12.2. The van der Waals surface area contributed by atoms with Crippen LogP contribution in [0.4, 0.5) is 0 Å². The molecule has 0 radical (unpaired) electrons. The Kier molecular flexibility index (Phi) is 13.1. The summed E-state index contributed by atoms with van der Waals surface area (Å²) < 4.78 is 5.40. The van der Waals surface area contributed by atoms with Crippen LogP contribution in [0.15, 0.2) is 30.5 Å². The van der Waals surface area contributed by atoms with E-state index in [0.29, 0.717) is 13.0 Å². The summed E-state index contributed by atoms with van der Waals surface area (Å²) in [6.45, 7) is 2.76. The van der Waals surface area contributed by atoms with Gasteiger partial charge in [-0.3, -0.25) is 4.79 Å². The number of para-hydroxylation sites is 1. The predicted octanol–water partition coefficient (Wildman–Crippen LogP) is 7.06. The molecule has 0 aliphatic heterocycles. The Morgan fingerprint density at radius 2 is 1.42 bits per heavy atom. The van der Waals surface area contributed by atoms with Gasteiger partial charge in [-0.25, -0.2) is 0 Å². The van der Waals surface area contributed by atoms with Gasteiger partial charge in [0.05, 0.1) is 6.61 Å². The van der Waals surface area contributed by atoms with Crippen molar-refractivity contribution in [3.05, 3.63) is 36.0 Å². The van der Waals surface area contributed by atoms with Gasteiger partial charge in [-0.15, -0.1) is 0 Å². The fraction of sp³-hybridized carbons (Fsp3) is 0.667. The van der Waals surface area contributed by atoms with Crippen molar-refractivity contribution in [1.82, 2.24) is 4.98 Å². The van der Waals surface area contributed by atoms with E-state index < -0.39 is 6.04 Å². The highest BCUT2D eigenvalue weighted by molar-refractivity contribution is 5.84. The molecule has 0 spiro atoms. The molecule has 2 rings (SSSR count). The van der Waals surface area contributed by atoms with E-state index in [-0.39, 0.29) is 5.97 Å². The number of hydrogen-bond acceptors (Lipinski definition) is 3. The Morgan fingerprint density at radius 3 is 2.03 bits per heavy atom. The topological polar surface area (TPSA) is 68.1 Å². The fourth-order valence-electron chi connectivity index (χ4n) is 4.20. The number of esters is 1. The Hall–Kier alpha value is -1.81. The zero-order valence-corrected chi connectivity index (χ0v) is 19.7. The number of nitrogens with one attached hydrogen (secondary N) is 1. The minimum absolute atomic E-state index is 0.292. The molecule has 4 heteroatoms. The van der Waals surface area contributed by atoms with Crippen LogP contribution in [0, 0.1) is 0 Å². The number of unbranched alkanes of at least 4 members (excludes halogenated alkanes) is 13. The van der Waals surface area contributed by atoms with Crippen LogP contribution in [-0.4, -0.2) is 23.6 Å². The Balaban J connectivity index is 1.41. The summed E-state index contributed by atoms with van der Waals surface area (Å²) in [5.74, 6) is -0.292. The van der Waals surface area contributed by atoms with Crippen molar-refractivity contribution in [2.75, 3.05) is 6.61 Å². The van der Waals surface area contributed by atoms with Crippen molar-refractivity contribution < 1.29 is 9.53 Å². The van der Waals surface area contributed by atoms with E-state index in [1.807, 2.05) is 30.5 Å². The zero-order valence-electron chi connectivity index (χ0n) is 19.7. The average molecular weight is 429 g/mol. The zero-order chi connectivity index (χ0) is 22.2. The number of carbonyl (C=O) groups is 1. The smallest absolute Gasteiger partial charge is 0.323 e. The monoisotopic (exact) mass is 428 g/mol. The highest BCUT2D eigenvalue weighted by Crippen LogP contribution is 2.19. The van der Waals surface area contributed by atoms with Gasteiger partial charge >= 0.3 is 5.97 Å². The molecule has 31 heavy (non-hydrogen) atoms. The molecule has 0 bridgehead atoms. The molecule has 0 aliphatic carbocycles. The van der Waals surface area contributed by atoms with Crippen LogP contribution in [-0.2, 0) is 16.0 Å². The van der Waals surface area contributed by atoms with E-state index in [1.165, 1.54) is 77.0 Å². The molecule has 1 aromatic carbocycles. The Morgan fingerprint density at radius 1 is 0.871 bits per heavy atom. The summed E-state index contributed by atoms with van der Waals surface area (Å²) >= 11 is 0. The molecule has 0 saturated carbocycles. The van der Waals surface area contributed by atoms with Gasteiger partial charge in [0.25, 0.3) is 0 Å². The van der Waals surface area contributed by atoms with E-state index in [1.54, 1.807) is 0 Å². The number of ether oxygens (including phenoxy) is 1. The van der Waals surface area contributed by atoms with Gasteiger partial charge in [-0.2, -0.15) is 0 Å². The first-order chi connectivity index (χ1) is 15.2. The normalized spacial score (nSPS) is 12.3. The molecule has 0 amide bonds. The largest absolute Gasteiger partial charge is 0.465 e. The number of fused-ring (bicyclic) bond motifs is 1. The van der Waals surface area contributed by atoms with Gasteiger partial charge in [-0.1, -0.05) is 109 Å². The first kappa shape index (κ1) is 25.5. The number of hydrogen-bond donors (Lipinski definition) is 2. The molecular weight excluding hydrogens is 384 g/mol. The first-order valence-electron chi connectivity index (χ1n) is 12.7. The van der Waals surface area contributed by atoms with Crippen LogP contribution >= 0.6 is 0 Å². The van der Waals surface area contributed by atoms with Crippen LogP contribution in [0.2, 0.25) is 0 Å². The minimum atomic E-state index is -0.606. The van der Waals surface area contributed by atoms with Crippen molar-refractivity contribution in [3.63, 3.8) is 0 Å². The molecular formula is C27H44N2O2. The van der Waals surface area contributed by atoms with Gasteiger partial charge in [0, 0.05) is 23.5 Å². The molecule has 174 valence electrons. The molecule has 1 atom stereocenters. The lowest BCUT2D eigenvalue weighted by molar-refractivity contribution is -0.145. The number of aromatic nitrogens is 1.